The average molecular weight is 312 g/mol. The second kappa shape index (κ2) is 7.00. The predicted octanol–water partition coefficient (Wildman–Crippen LogP) is 5.01. The number of nitriles is 2. The minimum Gasteiger partial charge on any atom is -0.453 e. The molecular weight excluding hydrogens is 300 g/mol. The van der Waals surface area contributed by atoms with E-state index >= 15 is 0 Å². The largest absolute Gasteiger partial charge is 0.453 e. The Morgan fingerprint density at radius 1 is 0.583 bits per heavy atom. The van der Waals surface area contributed by atoms with Gasteiger partial charge in [-0.05, 0) is 36.4 Å². The van der Waals surface area contributed by atoms with Crippen LogP contribution in [0.4, 0.5) is 0 Å². The van der Waals surface area contributed by atoms with Crippen molar-refractivity contribution >= 4 is 0 Å². The van der Waals surface area contributed by atoms with E-state index in [-0.39, 0.29) is 11.1 Å². The van der Waals surface area contributed by atoms with Crippen molar-refractivity contribution in [3.8, 4) is 35.1 Å². The van der Waals surface area contributed by atoms with E-state index in [2.05, 4.69) is 0 Å². The van der Waals surface area contributed by atoms with Crippen LogP contribution >= 0.6 is 0 Å². The van der Waals surface area contributed by atoms with Crippen molar-refractivity contribution in [2.45, 2.75) is 0 Å². The highest BCUT2D eigenvalue weighted by Crippen LogP contribution is 2.36. The van der Waals surface area contributed by atoms with Gasteiger partial charge in [-0.15, -0.1) is 0 Å². The molecule has 4 nitrogen and oxygen atoms in total. The molecule has 0 saturated heterocycles. The highest BCUT2D eigenvalue weighted by Gasteiger charge is 2.12. The zero-order valence-electron chi connectivity index (χ0n) is 12.6. The number of ether oxygens (including phenoxy) is 2. The number of hydrogen-bond donors (Lipinski definition) is 0. The second-order valence-electron chi connectivity index (χ2n) is 4.87. The summed E-state index contributed by atoms with van der Waals surface area (Å²) in [6.45, 7) is 0. The predicted molar refractivity (Wildman–Crippen MR) is 88.9 cm³/mol. The van der Waals surface area contributed by atoms with Gasteiger partial charge in [0.25, 0.3) is 0 Å². The van der Waals surface area contributed by atoms with Gasteiger partial charge >= 0.3 is 0 Å². The number of para-hydroxylation sites is 3. The molecule has 0 aliphatic carbocycles. The molecule has 0 bridgehead atoms. The summed E-state index contributed by atoms with van der Waals surface area (Å²) in [6, 6.07) is 25.4. The molecule has 0 fully saturated rings. The van der Waals surface area contributed by atoms with E-state index in [0.717, 1.165) is 0 Å². The molecule has 4 heteroatoms. The number of nitrogens with zero attached hydrogens (tertiary/aromatic N) is 2. The maximum absolute atomic E-state index is 9.30. The SMILES string of the molecule is N#Cc1cccc(Oc2ccccc2Oc2ccccc2)c1C#N. The van der Waals surface area contributed by atoms with E-state index in [9.17, 15) is 5.26 Å². The average Bonchev–Trinajstić information content (AvgIpc) is 2.64. The maximum Gasteiger partial charge on any atom is 0.170 e. The second-order valence-corrected chi connectivity index (χ2v) is 4.87. The number of rotatable bonds is 4. The summed E-state index contributed by atoms with van der Waals surface area (Å²) in [5.74, 6) is 1.99. The van der Waals surface area contributed by atoms with Crippen molar-refractivity contribution in [2.24, 2.45) is 0 Å². The molecule has 3 aromatic carbocycles. The van der Waals surface area contributed by atoms with Crippen LogP contribution in [0.3, 0.4) is 0 Å². The van der Waals surface area contributed by atoms with E-state index in [1.54, 1.807) is 30.3 Å². The third-order valence-corrected chi connectivity index (χ3v) is 3.30. The molecular formula is C20H12N2O2. The summed E-state index contributed by atoms with van der Waals surface area (Å²) < 4.78 is 11.7. The first-order valence-electron chi connectivity index (χ1n) is 7.25. The fraction of sp³-hybridized carbons (Fsp3) is 0. The lowest BCUT2D eigenvalue weighted by Crippen LogP contribution is -1.94. The quantitative estimate of drug-likeness (QED) is 0.679. The van der Waals surface area contributed by atoms with E-state index < -0.39 is 0 Å². The Kier molecular flexibility index (Phi) is 4.42. The summed E-state index contributed by atoms with van der Waals surface area (Å²) in [6.07, 6.45) is 0. The fourth-order valence-electron chi connectivity index (χ4n) is 2.18. The molecule has 0 aliphatic rings. The highest BCUT2D eigenvalue weighted by atomic mass is 16.5. The molecule has 0 aliphatic heterocycles. The van der Waals surface area contributed by atoms with Crippen molar-refractivity contribution in [2.75, 3.05) is 0 Å². The van der Waals surface area contributed by atoms with Crippen LogP contribution in [0.2, 0.25) is 0 Å². The molecule has 0 unspecified atom stereocenters. The summed E-state index contributed by atoms with van der Waals surface area (Å²) in [5, 5.41) is 18.4. The normalized spacial score (nSPS) is 9.58. The van der Waals surface area contributed by atoms with Gasteiger partial charge in [-0.25, -0.2) is 0 Å². The van der Waals surface area contributed by atoms with Crippen molar-refractivity contribution in [3.05, 3.63) is 83.9 Å². The Morgan fingerprint density at radius 2 is 1.21 bits per heavy atom. The molecule has 24 heavy (non-hydrogen) atoms. The van der Waals surface area contributed by atoms with Gasteiger partial charge in [0.1, 0.15) is 29.2 Å². The third kappa shape index (κ3) is 3.19. The molecule has 0 N–H and O–H groups in total. The first-order valence-corrected chi connectivity index (χ1v) is 7.25. The smallest absolute Gasteiger partial charge is 0.170 e. The Labute approximate surface area is 139 Å². The monoisotopic (exact) mass is 312 g/mol. The molecule has 0 radical (unpaired) electrons. The van der Waals surface area contributed by atoms with Crippen LogP contribution in [0.25, 0.3) is 0 Å². The van der Waals surface area contributed by atoms with Crippen LogP contribution < -0.4 is 9.47 Å². The van der Waals surface area contributed by atoms with Gasteiger partial charge in [0.2, 0.25) is 0 Å². The lowest BCUT2D eigenvalue weighted by Gasteiger charge is -2.13. The first kappa shape index (κ1) is 15.1. The van der Waals surface area contributed by atoms with Crippen molar-refractivity contribution < 1.29 is 9.47 Å². The Balaban J connectivity index is 1.95. The molecule has 3 aromatic rings. The topological polar surface area (TPSA) is 66.0 Å². The standard InChI is InChI=1S/C20H12N2O2/c21-13-15-7-6-12-18(17(15)14-22)24-20-11-5-4-10-19(20)23-16-8-2-1-3-9-16/h1-12H. The molecule has 0 saturated carbocycles. The minimum absolute atomic E-state index is 0.203. The van der Waals surface area contributed by atoms with Gasteiger partial charge in [0.05, 0.1) is 5.56 Å². The molecule has 0 heterocycles. The van der Waals surface area contributed by atoms with Gasteiger partial charge in [-0.3, -0.25) is 0 Å². The lowest BCUT2D eigenvalue weighted by atomic mass is 10.1. The van der Waals surface area contributed by atoms with Gasteiger partial charge in [-0.2, -0.15) is 10.5 Å². The van der Waals surface area contributed by atoms with Crippen LogP contribution in [0.5, 0.6) is 23.0 Å². The summed E-state index contributed by atoms with van der Waals surface area (Å²) in [5.41, 5.74) is 0.478. The van der Waals surface area contributed by atoms with E-state index in [1.165, 1.54) is 0 Å². The van der Waals surface area contributed by atoms with Gasteiger partial charge in [-0.1, -0.05) is 36.4 Å². The summed E-state index contributed by atoms with van der Waals surface area (Å²) in [4.78, 5) is 0. The summed E-state index contributed by atoms with van der Waals surface area (Å²) in [7, 11) is 0. The number of hydrogen-bond acceptors (Lipinski definition) is 4. The van der Waals surface area contributed by atoms with Crippen molar-refractivity contribution in [3.63, 3.8) is 0 Å². The first-order chi connectivity index (χ1) is 11.8. The fourth-order valence-corrected chi connectivity index (χ4v) is 2.18. The van der Waals surface area contributed by atoms with Crippen LogP contribution in [0, 0.1) is 22.7 Å². The maximum atomic E-state index is 9.30. The summed E-state index contributed by atoms with van der Waals surface area (Å²) >= 11 is 0. The zero-order valence-corrected chi connectivity index (χ0v) is 12.6. The van der Waals surface area contributed by atoms with Crippen LogP contribution in [-0.2, 0) is 0 Å². The van der Waals surface area contributed by atoms with Crippen LogP contribution in [0.1, 0.15) is 11.1 Å². The van der Waals surface area contributed by atoms with Crippen molar-refractivity contribution in [1.29, 1.82) is 10.5 Å². The lowest BCUT2D eigenvalue weighted by molar-refractivity contribution is 0.418. The van der Waals surface area contributed by atoms with Gasteiger partial charge in [0.15, 0.2) is 11.5 Å². The molecule has 114 valence electrons. The van der Waals surface area contributed by atoms with Gasteiger partial charge in [0, 0.05) is 0 Å². The van der Waals surface area contributed by atoms with E-state index in [0.29, 0.717) is 23.0 Å². The molecule has 0 atom stereocenters. The Morgan fingerprint density at radius 3 is 1.88 bits per heavy atom. The van der Waals surface area contributed by atoms with Gasteiger partial charge < -0.3 is 9.47 Å². The highest BCUT2D eigenvalue weighted by molar-refractivity contribution is 5.56. The Hall–Kier alpha value is -3.76. The van der Waals surface area contributed by atoms with Crippen LogP contribution in [0.15, 0.2) is 72.8 Å². The third-order valence-electron chi connectivity index (χ3n) is 3.30. The molecule has 0 aromatic heterocycles. The van der Waals surface area contributed by atoms with E-state index in [4.69, 9.17) is 14.7 Å². The van der Waals surface area contributed by atoms with Crippen LogP contribution in [-0.4, -0.2) is 0 Å². The molecule has 3 rings (SSSR count). The van der Waals surface area contributed by atoms with Crippen molar-refractivity contribution in [1.82, 2.24) is 0 Å². The number of benzene rings is 3. The molecule has 0 amide bonds. The zero-order chi connectivity index (χ0) is 16.8. The minimum atomic E-state index is 0.203. The molecule has 0 spiro atoms. The van der Waals surface area contributed by atoms with E-state index in [1.807, 2.05) is 54.6 Å². The Bertz CT molecular complexity index is 938.